The van der Waals surface area contributed by atoms with E-state index in [0.717, 1.165) is 81.7 Å². The number of fused-ring (bicyclic) bond motifs is 13. The summed E-state index contributed by atoms with van der Waals surface area (Å²) in [7, 11) is 0. The Morgan fingerprint density at radius 2 is 1.09 bits per heavy atom. The van der Waals surface area contributed by atoms with Crippen LogP contribution in [0, 0.1) is 0 Å². The highest BCUT2D eigenvalue weighted by Gasteiger charge is 2.28. The van der Waals surface area contributed by atoms with Gasteiger partial charge >= 0.3 is 0 Å². The molecule has 12 rings (SSSR count). The first-order valence-electron chi connectivity index (χ1n) is 18.3. The van der Waals surface area contributed by atoms with Crippen molar-refractivity contribution in [1.29, 1.82) is 0 Å². The van der Waals surface area contributed by atoms with Gasteiger partial charge in [-0.25, -0.2) is 19.9 Å². The van der Waals surface area contributed by atoms with Crippen LogP contribution in [-0.2, 0) is 0 Å². The van der Waals surface area contributed by atoms with Crippen LogP contribution in [0.3, 0.4) is 0 Å². The van der Waals surface area contributed by atoms with E-state index in [2.05, 4.69) is 166 Å². The molecule has 0 aliphatic rings. The van der Waals surface area contributed by atoms with Gasteiger partial charge in [-0.2, -0.15) is 0 Å². The molecule has 7 heteroatoms. The Bertz CT molecular complexity index is 3470. The molecular formula is C48H28N6S. The normalized spacial score (nSPS) is 12.0. The molecule has 0 bridgehead atoms. The lowest BCUT2D eigenvalue weighted by Gasteiger charge is -2.13. The van der Waals surface area contributed by atoms with Crippen LogP contribution >= 0.6 is 11.3 Å². The molecule has 12 aromatic rings. The standard InChI is InChI=1S/C48H28N6S/c1-3-13-29(14-4-1)30-23-25-31(26-24-30)43-33-17-7-10-20-36(33)51-48(52-43)54-38-22-12-8-18-34(38)40-42-44-39(27-49-28-50-44)55-47(42)46-41(45(40)54)35-19-9-11-21-37(35)53(46)32-15-5-2-6-16-32/h1-28H. The molecule has 55 heavy (non-hydrogen) atoms. The van der Waals surface area contributed by atoms with Gasteiger partial charge in [0.25, 0.3) is 0 Å². The van der Waals surface area contributed by atoms with Crippen LogP contribution < -0.4 is 0 Å². The molecule has 7 aromatic carbocycles. The first-order valence-corrected chi connectivity index (χ1v) is 19.1. The summed E-state index contributed by atoms with van der Waals surface area (Å²) in [6, 6.07) is 55.6. The summed E-state index contributed by atoms with van der Waals surface area (Å²) < 4.78 is 6.95. The molecule has 0 saturated heterocycles. The monoisotopic (exact) mass is 720 g/mol. The summed E-state index contributed by atoms with van der Waals surface area (Å²) in [6.45, 7) is 0. The number of nitrogens with zero attached hydrogens (tertiary/aromatic N) is 6. The van der Waals surface area contributed by atoms with Crippen molar-refractivity contribution in [2.24, 2.45) is 0 Å². The van der Waals surface area contributed by atoms with Crippen LogP contribution in [-0.4, -0.2) is 29.1 Å². The third kappa shape index (κ3) is 4.35. The van der Waals surface area contributed by atoms with Gasteiger partial charge in [0.2, 0.25) is 5.95 Å². The Balaban J connectivity index is 1.27. The van der Waals surface area contributed by atoms with E-state index in [-0.39, 0.29) is 0 Å². The molecule has 0 unspecified atom stereocenters. The van der Waals surface area contributed by atoms with Crippen molar-refractivity contribution in [3.63, 3.8) is 0 Å². The van der Waals surface area contributed by atoms with Gasteiger partial charge in [0.15, 0.2) is 0 Å². The van der Waals surface area contributed by atoms with E-state index in [1.165, 1.54) is 21.2 Å². The Hall–Kier alpha value is -7.22. The number of rotatable bonds is 4. The Kier molecular flexibility index (Phi) is 6.40. The highest BCUT2D eigenvalue weighted by Crippen LogP contribution is 2.50. The molecule has 0 fully saturated rings. The SMILES string of the molecule is c1ccc(-c2ccc(-c3nc(-n4c5ccccc5c5c6c7ncncc7sc6c6c(c7ccccc7n6-c6ccccc6)c54)nc4ccccc34)cc2)cc1. The second-order valence-corrected chi connectivity index (χ2v) is 14.9. The van der Waals surface area contributed by atoms with E-state index in [1.807, 2.05) is 12.3 Å². The molecule has 256 valence electrons. The second-order valence-electron chi connectivity index (χ2n) is 13.9. The number of benzene rings is 7. The summed E-state index contributed by atoms with van der Waals surface area (Å²) in [6.07, 6.45) is 3.61. The number of hydrogen-bond donors (Lipinski definition) is 0. The molecule has 0 radical (unpaired) electrons. The Labute approximate surface area is 318 Å². The fraction of sp³-hybridized carbons (Fsp3) is 0. The molecule has 0 spiro atoms. The van der Waals surface area contributed by atoms with Crippen molar-refractivity contribution >= 4 is 86.2 Å². The molecule has 0 saturated carbocycles. The maximum Gasteiger partial charge on any atom is 0.235 e. The van der Waals surface area contributed by atoms with Crippen molar-refractivity contribution in [2.75, 3.05) is 0 Å². The summed E-state index contributed by atoms with van der Waals surface area (Å²) >= 11 is 1.76. The van der Waals surface area contributed by atoms with E-state index in [4.69, 9.17) is 15.0 Å². The van der Waals surface area contributed by atoms with E-state index < -0.39 is 0 Å². The van der Waals surface area contributed by atoms with Gasteiger partial charge in [-0.05, 0) is 41.5 Å². The fourth-order valence-electron chi connectivity index (χ4n) is 8.56. The summed E-state index contributed by atoms with van der Waals surface area (Å²) in [5.74, 6) is 0.624. The maximum atomic E-state index is 5.52. The number of hydrogen-bond acceptors (Lipinski definition) is 5. The van der Waals surface area contributed by atoms with Crippen LogP contribution in [0.5, 0.6) is 0 Å². The zero-order chi connectivity index (χ0) is 36.0. The quantitative estimate of drug-likeness (QED) is 0.182. The van der Waals surface area contributed by atoms with Crippen LogP contribution in [0.4, 0.5) is 0 Å². The van der Waals surface area contributed by atoms with Crippen LogP contribution in [0.15, 0.2) is 170 Å². The summed E-state index contributed by atoms with van der Waals surface area (Å²) in [5.41, 5.74) is 11.6. The van der Waals surface area contributed by atoms with Crippen LogP contribution in [0.25, 0.3) is 109 Å². The molecule has 0 N–H and O–H groups in total. The topological polar surface area (TPSA) is 61.4 Å². The predicted octanol–water partition coefficient (Wildman–Crippen LogP) is 12.3. The van der Waals surface area contributed by atoms with Gasteiger partial charge in [-0.1, -0.05) is 127 Å². The van der Waals surface area contributed by atoms with Gasteiger partial charge in [0.05, 0.1) is 48.2 Å². The minimum atomic E-state index is 0.624. The van der Waals surface area contributed by atoms with E-state index in [0.29, 0.717) is 5.95 Å². The first kappa shape index (κ1) is 30.3. The van der Waals surface area contributed by atoms with E-state index >= 15 is 0 Å². The lowest BCUT2D eigenvalue weighted by Crippen LogP contribution is -2.04. The summed E-state index contributed by atoms with van der Waals surface area (Å²) in [5, 5.41) is 6.72. The van der Waals surface area contributed by atoms with Crippen LogP contribution in [0.2, 0.25) is 0 Å². The van der Waals surface area contributed by atoms with Gasteiger partial charge in [-0.3, -0.25) is 4.57 Å². The fourth-order valence-corrected chi connectivity index (χ4v) is 9.74. The zero-order valence-corrected chi connectivity index (χ0v) is 30.1. The molecule has 5 aromatic heterocycles. The van der Waals surface area contributed by atoms with Gasteiger partial charge in [0.1, 0.15) is 6.33 Å². The Morgan fingerprint density at radius 1 is 0.473 bits per heavy atom. The minimum absolute atomic E-state index is 0.624. The molecule has 6 nitrogen and oxygen atoms in total. The highest BCUT2D eigenvalue weighted by atomic mass is 32.1. The van der Waals surface area contributed by atoms with Crippen molar-refractivity contribution in [3.8, 4) is 34.0 Å². The minimum Gasteiger partial charge on any atom is -0.308 e. The van der Waals surface area contributed by atoms with Crippen LogP contribution in [0.1, 0.15) is 0 Å². The second kappa shape index (κ2) is 11.6. The predicted molar refractivity (Wildman–Crippen MR) is 228 cm³/mol. The zero-order valence-electron chi connectivity index (χ0n) is 29.3. The lowest BCUT2D eigenvalue weighted by molar-refractivity contribution is 1.02. The van der Waals surface area contributed by atoms with E-state index in [1.54, 1.807) is 17.7 Å². The molecule has 0 amide bonds. The smallest absolute Gasteiger partial charge is 0.235 e. The van der Waals surface area contributed by atoms with Gasteiger partial charge in [0, 0.05) is 49.8 Å². The molecular weight excluding hydrogens is 693 g/mol. The van der Waals surface area contributed by atoms with E-state index in [9.17, 15) is 0 Å². The maximum absolute atomic E-state index is 5.52. The Morgan fingerprint density at radius 3 is 1.87 bits per heavy atom. The lowest BCUT2D eigenvalue weighted by atomic mass is 10.0. The summed E-state index contributed by atoms with van der Waals surface area (Å²) in [4.78, 5) is 20.3. The third-order valence-corrected chi connectivity index (χ3v) is 12.0. The largest absolute Gasteiger partial charge is 0.308 e. The van der Waals surface area contributed by atoms with Crippen molar-refractivity contribution in [1.82, 2.24) is 29.1 Å². The third-order valence-electron chi connectivity index (χ3n) is 10.9. The highest BCUT2D eigenvalue weighted by molar-refractivity contribution is 7.26. The number of aromatic nitrogens is 6. The molecule has 0 aliphatic carbocycles. The molecule has 0 aliphatic heterocycles. The number of para-hydroxylation sites is 4. The first-order chi connectivity index (χ1) is 27.3. The molecule has 0 atom stereocenters. The van der Waals surface area contributed by atoms with Gasteiger partial charge in [-0.15, -0.1) is 11.3 Å². The average Bonchev–Trinajstić information content (AvgIpc) is 3.92. The average molecular weight is 721 g/mol. The molecule has 5 heterocycles. The van der Waals surface area contributed by atoms with Crippen molar-refractivity contribution in [3.05, 3.63) is 170 Å². The number of thiophene rings is 1. The van der Waals surface area contributed by atoms with Crippen molar-refractivity contribution in [2.45, 2.75) is 0 Å². The van der Waals surface area contributed by atoms with Gasteiger partial charge < -0.3 is 4.57 Å². The van der Waals surface area contributed by atoms with Crippen molar-refractivity contribution < 1.29 is 0 Å².